The Hall–Kier alpha value is -1.91. The second-order valence-electron chi connectivity index (χ2n) is 6.07. The Balaban J connectivity index is 1.88. The van der Waals surface area contributed by atoms with Crippen LogP contribution in [0.25, 0.3) is 0 Å². The van der Waals surface area contributed by atoms with Crippen molar-refractivity contribution in [3.63, 3.8) is 0 Å². The zero-order valence-corrected chi connectivity index (χ0v) is 14.6. The topological polar surface area (TPSA) is 51.1 Å². The number of nitrogens with one attached hydrogen (secondary N) is 1. The first kappa shape index (κ1) is 17.4. The number of hydrogen-bond donors (Lipinski definition) is 2. The third kappa shape index (κ3) is 4.53. The van der Waals surface area contributed by atoms with Gasteiger partial charge in [-0.05, 0) is 18.1 Å². The van der Waals surface area contributed by atoms with E-state index in [1.165, 1.54) is 12.8 Å². The number of phenolic OH excluding ortho intramolecular Hbond substituents is 1. The average molecular weight is 318 g/mol. The predicted molar refractivity (Wildman–Crippen MR) is 97.3 cm³/mol. The predicted octanol–water partition coefficient (Wildman–Crippen LogP) is 2.53. The molecular weight excluding hydrogens is 288 g/mol. The lowest BCUT2D eigenvalue weighted by atomic mass is 10.0. The highest BCUT2D eigenvalue weighted by Crippen LogP contribution is 2.27. The Morgan fingerprint density at radius 1 is 1.17 bits per heavy atom. The molecule has 0 unspecified atom stereocenters. The standard InChI is InChI=1S/C18H30N4O/c1-4-15(5-2)14-20-18(19-3)22-12-10-21(11-13-22)16-8-6-7-9-17(16)23/h6-9,15,23H,4-5,10-14H2,1-3H3,(H,19,20). The first-order chi connectivity index (χ1) is 11.2. The van der Waals surface area contributed by atoms with E-state index in [1.807, 2.05) is 25.2 Å². The number of hydrogen-bond acceptors (Lipinski definition) is 3. The number of rotatable bonds is 5. The highest BCUT2D eigenvalue weighted by atomic mass is 16.3. The number of aromatic hydroxyl groups is 1. The fourth-order valence-corrected chi connectivity index (χ4v) is 3.04. The molecule has 1 heterocycles. The minimum atomic E-state index is 0.359. The van der Waals surface area contributed by atoms with Crippen molar-refractivity contribution in [2.75, 3.05) is 44.7 Å². The van der Waals surface area contributed by atoms with Gasteiger partial charge < -0.3 is 20.2 Å². The number of nitrogens with zero attached hydrogens (tertiary/aromatic N) is 3. The van der Waals surface area contributed by atoms with E-state index in [9.17, 15) is 5.11 Å². The summed E-state index contributed by atoms with van der Waals surface area (Å²) in [6, 6.07) is 7.55. The largest absolute Gasteiger partial charge is 0.506 e. The van der Waals surface area contributed by atoms with E-state index in [0.29, 0.717) is 11.7 Å². The molecule has 23 heavy (non-hydrogen) atoms. The van der Waals surface area contributed by atoms with Gasteiger partial charge in [0.15, 0.2) is 5.96 Å². The van der Waals surface area contributed by atoms with Gasteiger partial charge in [0.05, 0.1) is 5.69 Å². The highest BCUT2D eigenvalue weighted by molar-refractivity contribution is 5.80. The van der Waals surface area contributed by atoms with Gasteiger partial charge in [-0.15, -0.1) is 0 Å². The van der Waals surface area contributed by atoms with E-state index in [0.717, 1.165) is 44.4 Å². The van der Waals surface area contributed by atoms with Gasteiger partial charge in [0, 0.05) is 39.8 Å². The number of piperazine rings is 1. The highest BCUT2D eigenvalue weighted by Gasteiger charge is 2.21. The van der Waals surface area contributed by atoms with Crippen LogP contribution in [0.5, 0.6) is 5.75 Å². The third-order valence-electron chi connectivity index (χ3n) is 4.72. The maximum atomic E-state index is 9.99. The van der Waals surface area contributed by atoms with Crippen molar-refractivity contribution in [2.45, 2.75) is 26.7 Å². The average Bonchev–Trinajstić information content (AvgIpc) is 2.60. The van der Waals surface area contributed by atoms with Gasteiger partial charge in [0.25, 0.3) is 0 Å². The molecule has 0 amide bonds. The summed E-state index contributed by atoms with van der Waals surface area (Å²) in [5, 5.41) is 13.5. The lowest BCUT2D eigenvalue weighted by Crippen LogP contribution is -2.53. The molecule has 1 fully saturated rings. The Kier molecular flexibility index (Phi) is 6.56. The van der Waals surface area contributed by atoms with E-state index in [1.54, 1.807) is 6.07 Å². The third-order valence-corrected chi connectivity index (χ3v) is 4.72. The molecule has 0 spiro atoms. The molecule has 128 valence electrons. The fraction of sp³-hybridized carbons (Fsp3) is 0.611. The van der Waals surface area contributed by atoms with Gasteiger partial charge >= 0.3 is 0 Å². The van der Waals surface area contributed by atoms with Crippen LogP contribution in [0, 0.1) is 5.92 Å². The molecule has 0 bridgehead atoms. The van der Waals surface area contributed by atoms with Crippen LogP contribution >= 0.6 is 0 Å². The molecule has 0 saturated carbocycles. The Morgan fingerprint density at radius 2 is 1.83 bits per heavy atom. The summed E-state index contributed by atoms with van der Waals surface area (Å²) in [5.74, 6) is 2.06. The molecule has 0 aromatic heterocycles. The molecule has 0 atom stereocenters. The summed E-state index contributed by atoms with van der Waals surface area (Å²) >= 11 is 0. The fourth-order valence-electron chi connectivity index (χ4n) is 3.04. The van der Waals surface area contributed by atoms with Crippen molar-refractivity contribution >= 4 is 11.6 Å². The van der Waals surface area contributed by atoms with Crippen LogP contribution < -0.4 is 10.2 Å². The Morgan fingerprint density at radius 3 is 2.39 bits per heavy atom. The first-order valence-electron chi connectivity index (χ1n) is 8.68. The molecule has 1 aromatic carbocycles. The Bertz CT molecular complexity index is 505. The number of anilines is 1. The van der Waals surface area contributed by atoms with Crippen LogP contribution in [-0.4, -0.2) is 55.7 Å². The zero-order chi connectivity index (χ0) is 16.7. The number of benzene rings is 1. The van der Waals surface area contributed by atoms with E-state index in [2.05, 4.69) is 34.0 Å². The summed E-state index contributed by atoms with van der Waals surface area (Å²) in [6.07, 6.45) is 2.39. The molecule has 2 N–H and O–H groups in total. The Labute approximate surface area is 140 Å². The minimum absolute atomic E-state index is 0.359. The van der Waals surface area contributed by atoms with Crippen LogP contribution in [0.1, 0.15) is 26.7 Å². The monoisotopic (exact) mass is 318 g/mol. The van der Waals surface area contributed by atoms with E-state index in [-0.39, 0.29) is 0 Å². The van der Waals surface area contributed by atoms with Crippen LogP contribution in [-0.2, 0) is 0 Å². The molecule has 1 saturated heterocycles. The summed E-state index contributed by atoms with van der Waals surface area (Å²) in [6.45, 7) is 9.08. The SMILES string of the molecule is CCC(CC)CNC(=NC)N1CCN(c2ccccc2O)CC1. The van der Waals surface area contributed by atoms with E-state index in [4.69, 9.17) is 0 Å². The molecule has 0 aliphatic carbocycles. The van der Waals surface area contributed by atoms with Crippen molar-refractivity contribution in [1.29, 1.82) is 0 Å². The lowest BCUT2D eigenvalue weighted by molar-refractivity contribution is 0.363. The molecule has 1 aromatic rings. The van der Waals surface area contributed by atoms with Crippen molar-refractivity contribution in [2.24, 2.45) is 10.9 Å². The molecule has 1 aliphatic rings. The molecule has 0 radical (unpaired) electrons. The normalized spacial score (nSPS) is 16.1. The maximum Gasteiger partial charge on any atom is 0.193 e. The van der Waals surface area contributed by atoms with Crippen molar-refractivity contribution in [3.05, 3.63) is 24.3 Å². The molecular formula is C18H30N4O. The van der Waals surface area contributed by atoms with Crippen molar-refractivity contribution in [3.8, 4) is 5.75 Å². The lowest BCUT2D eigenvalue weighted by Gasteiger charge is -2.38. The molecule has 1 aliphatic heterocycles. The molecule has 5 heteroatoms. The van der Waals surface area contributed by atoms with Crippen LogP contribution in [0.4, 0.5) is 5.69 Å². The summed E-state index contributed by atoms with van der Waals surface area (Å²) in [4.78, 5) is 8.97. The van der Waals surface area contributed by atoms with Gasteiger partial charge in [-0.1, -0.05) is 38.8 Å². The van der Waals surface area contributed by atoms with E-state index >= 15 is 0 Å². The second kappa shape index (κ2) is 8.65. The summed E-state index contributed by atoms with van der Waals surface area (Å²) < 4.78 is 0. The molecule has 2 rings (SSSR count). The number of guanidine groups is 1. The van der Waals surface area contributed by atoms with Gasteiger partial charge in [-0.25, -0.2) is 0 Å². The number of phenols is 1. The second-order valence-corrected chi connectivity index (χ2v) is 6.07. The quantitative estimate of drug-likeness (QED) is 0.647. The van der Waals surface area contributed by atoms with Gasteiger partial charge in [-0.3, -0.25) is 4.99 Å². The minimum Gasteiger partial charge on any atom is -0.506 e. The zero-order valence-electron chi connectivity index (χ0n) is 14.6. The summed E-state index contributed by atoms with van der Waals surface area (Å²) in [7, 11) is 1.85. The van der Waals surface area contributed by atoms with Gasteiger partial charge in [0.1, 0.15) is 5.75 Å². The number of para-hydroxylation sites is 2. The maximum absolute atomic E-state index is 9.99. The van der Waals surface area contributed by atoms with Crippen LogP contribution in [0.3, 0.4) is 0 Å². The van der Waals surface area contributed by atoms with Crippen LogP contribution in [0.15, 0.2) is 29.3 Å². The van der Waals surface area contributed by atoms with Crippen molar-refractivity contribution in [1.82, 2.24) is 10.2 Å². The number of aliphatic imine (C=N–C) groups is 1. The first-order valence-corrected chi connectivity index (χ1v) is 8.68. The van der Waals surface area contributed by atoms with Gasteiger partial charge in [0.2, 0.25) is 0 Å². The van der Waals surface area contributed by atoms with E-state index < -0.39 is 0 Å². The van der Waals surface area contributed by atoms with Crippen molar-refractivity contribution < 1.29 is 5.11 Å². The molecule has 5 nitrogen and oxygen atoms in total. The smallest absolute Gasteiger partial charge is 0.193 e. The van der Waals surface area contributed by atoms with Crippen LogP contribution in [0.2, 0.25) is 0 Å². The van der Waals surface area contributed by atoms with Gasteiger partial charge in [-0.2, -0.15) is 0 Å². The summed E-state index contributed by atoms with van der Waals surface area (Å²) in [5.41, 5.74) is 0.923.